The largest absolute Gasteiger partial charge is 0.466 e. The van der Waals surface area contributed by atoms with Crippen LogP contribution in [0, 0.1) is 10.5 Å². The maximum atomic E-state index is 12.6. The van der Waals surface area contributed by atoms with Gasteiger partial charge in [-0.25, -0.2) is 0 Å². The van der Waals surface area contributed by atoms with Gasteiger partial charge in [-0.15, -0.1) is 0 Å². The number of rotatable bonds is 7. The fourth-order valence-electron chi connectivity index (χ4n) is 3.46. The van der Waals surface area contributed by atoms with Gasteiger partial charge in [-0.1, -0.05) is 36.4 Å². The second-order valence-corrected chi connectivity index (χ2v) is 9.29. The minimum atomic E-state index is -0.827. The van der Waals surface area contributed by atoms with Crippen molar-refractivity contribution in [2.75, 3.05) is 19.7 Å². The third-order valence-corrected chi connectivity index (χ3v) is 6.82. The number of hydrogen-bond acceptors (Lipinski definition) is 5. The Hall–Kier alpha value is -2.53. The highest BCUT2D eigenvalue weighted by molar-refractivity contribution is 14.1. The van der Waals surface area contributed by atoms with Crippen LogP contribution < -0.4 is 10.6 Å². The number of aryl methyl sites for hydroxylation is 2. The van der Waals surface area contributed by atoms with Crippen LogP contribution in [0.1, 0.15) is 34.3 Å². The Morgan fingerprint density at radius 2 is 2.00 bits per heavy atom. The summed E-state index contributed by atoms with van der Waals surface area (Å²) in [5.74, 6) is -1.15. The number of piperazine rings is 1. The van der Waals surface area contributed by atoms with E-state index < -0.39 is 12.0 Å². The monoisotopic (exact) mass is 579 g/mol. The molecular formula is C24H26IN3O4S. The summed E-state index contributed by atoms with van der Waals surface area (Å²) in [6.45, 7) is 3.00. The molecule has 1 aliphatic rings. The van der Waals surface area contributed by atoms with Crippen molar-refractivity contribution in [3.63, 3.8) is 0 Å². The second-order valence-electron chi connectivity index (χ2n) is 7.74. The minimum absolute atomic E-state index is 0.118. The Labute approximate surface area is 212 Å². The Bertz CT molecular complexity index is 1030. The molecule has 0 spiro atoms. The maximum Gasteiger partial charge on any atom is 0.308 e. The number of benzene rings is 2. The van der Waals surface area contributed by atoms with Gasteiger partial charge in [-0.05, 0) is 77.8 Å². The van der Waals surface area contributed by atoms with E-state index in [0.717, 1.165) is 15.6 Å². The van der Waals surface area contributed by atoms with E-state index in [0.29, 0.717) is 25.1 Å². The zero-order valence-corrected chi connectivity index (χ0v) is 21.3. The van der Waals surface area contributed by atoms with Crippen molar-refractivity contribution >= 4 is 57.7 Å². The van der Waals surface area contributed by atoms with Gasteiger partial charge < -0.3 is 15.0 Å². The lowest BCUT2D eigenvalue weighted by atomic mass is 10.1. The number of nitrogens with one attached hydrogen (secondary N) is 2. The number of carbonyl (C=O) groups is 3. The van der Waals surface area contributed by atoms with Crippen molar-refractivity contribution in [1.82, 2.24) is 15.5 Å². The van der Waals surface area contributed by atoms with Crippen molar-refractivity contribution in [2.45, 2.75) is 32.2 Å². The molecule has 0 saturated carbocycles. The van der Waals surface area contributed by atoms with Crippen molar-refractivity contribution < 1.29 is 19.1 Å². The average Bonchev–Trinajstić information content (AvgIpc) is 2.80. The van der Waals surface area contributed by atoms with E-state index in [2.05, 4.69) is 33.2 Å². The number of esters is 1. The summed E-state index contributed by atoms with van der Waals surface area (Å²) >= 11 is 7.58. The van der Waals surface area contributed by atoms with E-state index in [9.17, 15) is 14.4 Å². The standard InChI is InChI=1S/C24H26IN3O4S/c1-16-9-10-18(14-19(16)25)22(30)27-24(33)28-12-11-26-23(31)20(28)15-21(29)32-13-5-8-17-6-3-2-4-7-17/h2-4,6-7,9-10,14,20H,5,8,11-13,15H2,1H3,(H,26,31)(H,27,30,33). The summed E-state index contributed by atoms with van der Waals surface area (Å²) in [7, 11) is 0. The van der Waals surface area contributed by atoms with Gasteiger partial charge in [-0.2, -0.15) is 0 Å². The first-order valence-electron chi connectivity index (χ1n) is 10.7. The van der Waals surface area contributed by atoms with E-state index in [4.69, 9.17) is 17.0 Å². The molecule has 2 aromatic carbocycles. The summed E-state index contributed by atoms with van der Waals surface area (Å²) in [4.78, 5) is 39.1. The number of thiocarbonyl (C=S) groups is 1. The molecule has 1 fully saturated rings. The fourth-order valence-corrected chi connectivity index (χ4v) is 4.29. The molecule has 9 heteroatoms. The van der Waals surface area contributed by atoms with E-state index in [-0.39, 0.29) is 30.0 Å². The predicted octanol–water partition coefficient (Wildman–Crippen LogP) is 2.98. The molecule has 1 unspecified atom stereocenters. The molecule has 0 aromatic heterocycles. The third-order valence-electron chi connectivity index (χ3n) is 5.32. The number of nitrogens with zero attached hydrogens (tertiary/aromatic N) is 1. The zero-order valence-electron chi connectivity index (χ0n) is 18.3. The van der Waals surface area contributed by atoms with Crippen molar-refractivity contribution in [3.05, 3.63) is 68.8 Å². The van der Waals surface area contributed by atoms with Gasteiger partial charge >= 0.3 is 5.97 Å². The number of amides is 2. The minimum Gasteiger partial charge on any atom is -0.466 e. The van der Waals surface area contributed by atoms with Gasteiger partial charge in [0.25, 0.3) is 5.91 Å². The smallest absolute Gasteiger partial charge is 0.308 e. The van der Waals surface area contributed by atoms with Crippen LogP contribution in [0.15, 0.2) is 48.5 Å². The van der Waals surface area contributed by atoms with E-state index in [1.165, 1.54) is 5.56 Å². The lowest BCUT2D eigenvalue weighted by Crippen LogP contribution is -2.60. The molecule has 2 N–H and O–H groups in total. The Kier molecular flexibility index (Phi) is 9.19. The van der Waals surface area contributed by atoms with E-state index in [1.807, 2.05) is 43.3 Å². The SMILES string of the molecule is Cc1ccc(C(=O)NC(=S)N2CCNC(=O)C2CC(=O)OCCCc2ccccc2)cc1I. The first-order chi connectivity index (χ1) is 15.8. The second kappa shape index (κ2) is 12.1. The van der Waals surface area contributed by atoms with Crippen LogP contribution in [0.3, 0.4) is 0 Å². The van der Waals surface area contributed by atoms with Crippen LogP contribution in [-0.2, 0) is 20.7 Å². The van der Waals surface area contributed by atoms with E-state index >= 15 is 0 Å². The van der Waals surface area contributed by atoms with Crippen LogP contribution in [-0.4, -0.2) is 53.5 Å². The van der Waals surface area contributed by atoms with E-state index in [1.54, 1.807) is 17.0 Å². The van der Waals surface area contributed by atoms with Gasteiger partial charge in [0.15, 0.2) is 5.11 Å². The summed E-state index contributed by atoms with van der Waals surface area (Å²) in [6, 6.07) is 14.5. The molecule has 3 rings (SSSR count). The molecule has 0 radical (unpaired) electrons. The van der Waals surface area contributed by atoms with Crippen LogP contribution in [0.25, 0.3) is 0 Å². The zero-order chi connectivity index (χ0) is 23.8. The molecule has 1 heterocycles. The average molecular weight is 579 g/mol. The lowest BCUT2D eigenvalue weighted by molar-refractivity contribution is -0.147. The fraction of sp³-hybridized carbons (Fsp3) is 0.333. The molecule has 0 aliphatic carbocycles. The van der Waals surface area contributed by atoms with Gasteiger partial charge in [0, 0.05) is 22.2 Å². The molecule has 1 atom stereocenters. The first-order valence-corrected chi connectivity index (χ1v) is 12.2. The Morgan fingerprint density at radius 1 is 1.24 bits per heavy atom. The highest BCUT2D eigenvalue weighted by Crippen LogP contribution is 2.15. The molecule has 7 nitrogen and oxygen atoms in total. The molecule has 0 bridgehead atoms. The van der Waals surface area contributed by atoms with Gasteiger partial charge in [-0.3, -0.25) is 19.7 Å². The molecule has 33 heavy (non-hydrogen) atoms. The molecular weight excluding hydrogens is 553 g/mol. The van der Waals surface area contributed by atoms with Crippen molar-refractivity contribution in [2.24, 2.45) is 0 Å². The predicted molar refractivity (Wildman–Crippen MR) is 138 cm³/mol. The molecule has 2 amide bonds. The molecule has 174 valence electrons. The third kappa shape index (κ3) is 7.23. The summed E-state index contributed by atoms with van der Waals surface area (Å²) in [6.07, 6.45) is 1.36. The van der Waals surface area contributed by atoms with Gasteiger partial charge in [0.2, 0.25) is 5.91 Å². The topological polar surface area (TPSA) is 87.7 Å². The Balaban J connectivity index is 1.53. The van der Waals surface area contributed by atoms with Crippen molar-refractivity contribution in [3.8, 4) is 0 Å². The number of hydrogen-bond donors (Lipinski definition) is 2. The van der Waals surface area contributed by atoms with Crippen LogP contribution >= 0.6 is 34.8 Å². The summed E-state index contributed by atoms with van der Waals surface area (Å²) in [5, 5.41) is 5.56. The molecule has 1 saturated heterocycles. The normalized spacial score (nSPS) is 15.5. The highest BCUT2D eigenvalue weighted by atomic mass is 127. The van der Waals surface area contributed by atoms with Gasteiger partial charge in [0.1, 0.15) is 6.04 Å². The number of carbonyl (C=O) groups excluding carboxylic acids is 3. The van der Waals surface area contributed by atoms with Crippen LogP contribution in [0.4, 0.5) is 0 Å². The summed E-state index contributed by atoms with van der Waals surface area (Å²) in [5.41, 5.74) is 2.73. The van der Waals surface area contributed by atoms with Crippen LogP contribution in [0.2, 0.25) is 0 Å². The highest BCUT2D eigenvalue weighted by Gasteiger charge is 2.34. The van der Waals surface area contributed by atoms with Crippen LogP contribution in [0.5, 0.6) is 0 Å². The van der Waals surface area contributed by atoms with Gasteiger partial charge in [0.05, 0.1) is 13.0 Å². The first kappa shape index (κ1) is 25.1. The quantitative estimate of drug-likeness (QED) is 0.227. The number of halogens is 1. The molecule has 1 aliphatic heterocycles. The number of ether oxygens (including phenoxy) is 1. The maximum absolute atomic E-state index is 12.6. The lowest BCUT2D eigenvalue weighted by Gasteiger charge is -2.36. The summed E-state index contributed by atoms with van der Waals surface area (Å²) < 4.78 is 6.31. The van der Waals surface area contributed by atoms with Crippen molar-refractivity contribution in [1.29, 1.82) is 0 Å². The molecule has 2 aromatic rings. The Morgan fingerprint density at radius 3 is 2.73 bits per heavy atom.